The van der Waals surface area contributed by atoms with Crippen LogP contribution in [0.25, 0.3) is 0 Å². The first-order valence-corrected chi connectivity index (χ1v) is 11.8. The fourth-order valence-corrected chi connectivity index (χ4v) is 4.49. The molecule has 0 aliphatic carbocycles. The lowest BCUT2D eigenvalue weighted by Crippen LogP contribution is -2.25. The molecule has 3 nitrogen and oxygen atoms in total. The maximum atomic E-state index is 12.4. The van der Waals surface area contributed by atoms with Gasteiger partial charge >= 0.3 is 0 Å². The third kappa shape index (κ3) is 6.67. The first-order chi connectivity index (χ1) is 14.8. The molecule has 1 N–H and O–H groups in total. The van der Waals surface area contributed by atoms with Crippen LogP contribution in [-0.4, -0.2) is 11.7 Å². The fourth-order valence-electron chi connectivity index (χ4n) is 3.19. The van der Waals surface area contributed by atoms with E-state index >= 15 is 0 Å². The van der Waals surface area contributed by atoms with E-state index in [4.69, 9.17) is 27.9 Å². The Bertz CT molecular complexity index is 1030. The van der Waals surface area contributed by atoms with E-state index < -0.39 is 5.60 Å². The van der Waals surface area contributed by atoms with Gasteiger partial charge in [-0.2, -0.15) is 0 Å². The van der Waals surface area contributed by atoms with E-state index in [0.717, 1.165) is 22.6 Å². The number of ether oxygens (including phenoxy) is 1. The summed E-state index contributed by atoms with van der Waals surface area (Å²) < 4.78 is 6.15. The molecule has 0 bridgehead atoms. The molecular formula is C25H25Cl2NO2S. The lowest BCUT2D eigenvalue weighted by molar-refractivity contribution is -0.115. The van der Waals surface area contributed by atoms with Gasteiger partial charge in [0.15, 0.2) is 0 Å². The second-order valence-electron chi connectivity index (χ2n) is 7.56. The van der Waals surface area contributed by atoms with Crippen molar-refractivity contribution in [3.05, 3.63) is 87.9 Å². The van der Waals surface area contributed by atoms with Crippen molar-refractivity contribution >= 4 is 46.6 Å². The first kappa shape index (κ1) is 23.5. The van der Waals surface area contributed by atoms with Gasteiger partial charge in [0.2, 0.25) is 5.91 Å². The fraction of sp³-hybridized carbons (Fsp3) is 0.240. The molecule has 0 fully saturated rings. The van der Waals surface area contributed by atoms with E-state index in [2.05, 4.69) is 24.4 Å². The van der Waals surface area contributed by atoms with Crippen LogP contribution in [0.2, 0.25) is 10.0 Å². The molecule has 3 aromatic carbocycles. The minimum atomic E-state index is -0.644. The predicted molar refractivity (Wildman–Crippen MR) is 132 cm³/mol. The molecular weight excluding hydrogens is 449 g/mol. The second-order valence-corrected chi connectivity index (χ2v) is 9.74. The molecule has 0 heterocycles. The summed E-state index contributed by atoms with van der Waals surface area (Å²) in [5.41, 5.74) is 1.91. The van der Waals surface area contributed by atoms with Crippen molar-refractivity contribution in [3.8, 4) is 5.75 Å². The molecule has 0 spiro atoms. The van der Waals surface area contributed by atoms with Crippen LogP contribution in [0.15, 0.2) is 71.6 Å². The molecule has 3 rings (SSSR count). The van der Waals surface area contributed by atoms with Crippen molar-refractivity contribution in [2.45, 2.75) is 37.7 Å². The number of carbonyl (C=O) groups is 1. The Balaban J connectivity index is 1.59. The summed E-state index contributed by atoms with van der Waals surface area (Å²) in [5.74, 6) is 1.65. The summed E-state index contributed by atoms with van der Waals surface area (Å²) >= 11 is 14.1. The average molecular weight is 474 g/mol. The molecule has 0 aromatic heterocycles. The quantitative estimate of drug-likeness (QED) is 0.342. The molecule has 0 aliphatic heterocycles. The number of benzene rings is 3. The van der Waals surface area contributed by atoms with Gasteiger partial charge in [-0.05, 0) is 73.7 Å². The lowest BCUT2D eigenvalue weighted by Gasteiger charge is -2.28. The zero-order chi connectivity index (χ0) is 22.4. The highest BCUT2D eigenvalue weighted by molar-refractivity contribution is 7.99. The average Bonchev–Trinajstić information content (AvgIpc) is 2.70. The van der Waals surface area contributed by atoms with Crippen molar-refractivity contribution in [2.24, 2.45) is 0 Å². The summed E-state index contributed by atoms with van der Waals surface area (Å²) in [5, 5.41) is 4.07. The van der Waals surface area contributed by atoms with Crippen LogP contribution < -0.4 is 10.1 Å². The number of amides is 1. The van der Waals surface area contributed by atoms with Gasteiger partial charge < -0.3 is 10.1 Å². The third-order valence-electron chi connectivity index (χ3n) is 4.69. The Morgan fingerprint density at radius 3 is 2.29 bits per heavy atom. The Kier molecular flexibility index (Phi) is 7.93. The molecule has 0 atom stereocenters. The van der Waals surface area contributed by atoms with E-state index in [-0.39, 0.29) is 5.91 Å². The summed E-state index contributed by atoms with van der Waals surface area (Å²) in [6.07, 6.45) is 0.331. The highest BCUT2D eigenvalue weighted by Gasteiger charge is 2.25. The Hall–Kier alpha value is -2.14. The molecule has 0 unspecified atom stereocenters. The van der Waals surface area contributed by atoms with E-state index in [9.17, 15) is 4.79 Å². The van der Waals surface area contributed by atoms with Crippen LogP contribution in [-0.2, 0) is 16.8 Å². The van der Waals surface area contributed by atoms with Crippen LogP contribution in [0.1, 0.15) is 31.9 Å². The normalized spacial score (nSPS) is 11.3. The van der Waals surface area contributed by atoms with E-state index in [1.54, 1.807) is 23.9 Å². The molecule has 0 aliphatic rings. The highest BCUT2D eigenvalue weighted by Crippen LogP contribution is 2.34. The monoisotopic (exact) mass is 473 g/mol. The molecule has 0 radical (unpaired) electrons. The zero-order valence-electron chi connectivity index (χ0n) is 17.7. The topological polar surface area (TPSA) is 38.3 Å². The number of carbonyl (C=O) groups excluding carboxylic acids is 1. The van der Waals surface area contributed by atoms with Crippen molar-refractivity contribution in [1.82, 2.24) is 0 Å². The van der Waals surface area contributed by atoms with Crippen LogP contribution in [0.4, 0.5) is 5.69 Å². The summed E-state index contributed by atoms with van der Waals surface area (Å²) in [7, 11) is 0. The molecule has 0 saturated carbocycles. The van der Waals surface area contributed by atoms with E-state index in [1.165, 1.54) is 4.90 Å². The van der Waals surface area contributed by atoms with Gasteiger partial charge in [0.25, 0.3) is 0 Å². The number of rotatable bonds is 8. The van der Waals surface area contributed by atoms with Gasteiger partial charge in [0.1, 0.15) is 11.4 Å². The largest absolute Gasteiger partial charge is 0.483 e. The van der Waals surface area contributed by atoms with Crippen molar-refractivity contribution < 1.29 is 9.53 Å². The maximum Gasteiger partial charge on any atom is 0.228 e. The van der Waals surface area contributed by atoms with Gasteiger partial charge in [-0.1, -0.05) is 48.3 Å². The second kappa shape index (κ2) is 10.4. The Labute approximate surface area is 198 Å². The number of nitrogens with one attached hydrogen (secondary N) is 1. The van der Waals surface area contributed by atoms with Gasteiger partial charge in [-0.25, -0.2) is 0 Å². The zero-order valence-corrected chi connectivity index (χ0v) is 20.1. The molecule has 1 amide bonds. The van der Waals surface area contributed by atoms with Gasteiger partial charge in [0, 0.05) is 26.2 Å². The standard InChI is InChI=1S/C25H25Cl2NO2S/c1-4-31-21-12-5-17(6-13-21)15-24(29)28-19-8-10-20(11-9-19)30-25(2,3)22-14-7-18(26)16-23(22)27/h5-14,16H,4,15H2,1-3H3,(H,28,29). The number of halogens is 2. The van der Waals surface area contributed by atoms with Crippen molar-refractivity contribution in [1.29, 1.82) is 0 Å². The first-order valence-electron chi connectivity index (χ1n) is 10.0. The van der Waals surface area contributed by atoms with Crippen molar-refractivity contribution in [3.63, 3.8) is 0 Å². The highest BCUT2D eigenvalue weighted by atomic mass is 35.5. The molecule has 6 heteroatoms. The van der Waals surface area contributed by atoms with E-state index in [1.807, 2.05) is 56.3 Å². The minimum absolute atomic E-state index is 0.0576. The van der Waals surface area contributed by atoms with Gasteiger partial charge in [0.05, 0.1) is 6.42 Å². The number of anilines is 1. The lowest BCUT2D eigenvalue weighted by atomic mass is 9.98. The number of hydrogen-bond donors (Lipinski definition) is 1. The van der Waals surface area contributed by atoms with Crippen LogP contribution in [0.3, 0.4) is 0 Å². The number of hydrogen-bond acceptors (Lipinski definition) is 3. The maximum absolute atomic E-state index is 12.4. The van der Waals surface area contributed by atoms with E-state index in [0.29, 0.717) is 22.2 Å². The molecule has 0 saturated heterocycles. The molecule has 162 valence electrons. The minimum Gasteiger partial charge on any atom is -0.483 e. The Morgan fingerprint density at radius 1 is 1.00 bits per heavy atom. The SMILES string of the molecule is CCSc1ccc(CC(=O)Nc2ccc(OC(C)(C)c3ccc(Cl)cc3Cl)cc2)cc1. The Morgan fingerprint density at radius 2 is 1.68 bits per heavy atom. The summed E-state index contributed by atoms with van der Waals surface area (Å²) in [4.78, 5) is 13.6. The van der Waals surface area contributed by atoms with Crippen LogP contribution in [0, 0.1) is 0 Å². The number of thioether (sulfide) groups is 1. The van der Waals surface area contributed by atoms with Crippen LogP contribution >= 0.6 is 35.0 Å². The molecule has 31 heavy (non-hydrogen) atoms. The smallest absolute Gasteiger partial charge is 0.228 e. The van der Waals surface area contributed by atoms with Crippen LogP contribution in [0.5, 0.6) is 5.75 Å². The third-order valence-corrected chi connectivity index (χ3v) is 6.13. The van der Waals surface area contributed by atoms with Crippen molar-refractivity contribution in [2.75, 3.05) is 11.1 Å². The van der Waals surface area contributed by atoms with Gasteiger partial charge in [-0.3, -0.25) is 4.79 Å². The summed E-state index contributed by atoms with van der Waals surface area (Å²) in [6.45, 7) is 6.01. The van der Waals surface area contributed by atoms with Gasteiger partial charge in [-0.15, -0.1) is 11.8 Å². The molecule has 3 aromatic rings. The summed E-state index contributed by atoms with van der Waals surface area (Å²) in [6, 6.07) is 20.8. The predicted octanol–water partition coefficient (Wildman–Crippen LogP) is 7.60.